The zero-order valence-electron chi connectivity index (χ0n) is 13.4. The monoisotopic (exact) mass is 333 g/mol. The summed E-state index contributed by atoms with van der Waals surface area (Å²) in [6.07, 6.45) is 0.375. The van der Waals surface area contributed by atoms with Crippen LogP contribution in [0.1, 0.15) is 17.0 Å². The van der Waals surface area contributed by atoms with E-state index >= 15 is 0 Å². The summed E-state index contributed by atoms with van der Waals surface area (Å²) in [6.45, 7) is 0. The largest absolute Gasteiger partial charge is 0.496 e. The number of carboxylic acid groups (broad SMARTS) is 1. The average molecular weight is 334 g/mol. The van der Waals surface area contributed by atoms with E-state index in [2.05, 4.69) is 0 Å². The van der Waals surface area contributed by atoms with Gasteiger partial charge in [0, 0.05) is 30.4 Å². The summed E-state index contributed by atoms with van der Waals surface area (Å²) in [5, 5.41) is 10.1. The molecule has 0 aliphatic carbocycles. The third-order valence-electron chi connectivity index (χ3n) is 3.76. The highest BCUT2D eigenvalue weighted by Crippen LogP contribution is 2.32. The van der Waals surface area contributed by atoms with Gasteiger partial charge in [0.1, 0.15) is 5.75 Å². The van der Waals surface area contributed by atoms with Gasteiger partial charge in [-0.1, -0.05) is 23.7 Å². The van der Waals surface area contributed by atoms with Gasteiger partial charge in [-0.05, 0) is 42.3 Å². The quantitative estimate of drug-likeness (QED) is 0.873. The Hall–Kier alpha value is -2.20. The van der Waals surface area contributed by atoms with Crippen LogP contribution in [0, 0.1) is 0 Å². The zero-order valence-corrected chi connectivity index (χ0v) is 14.2. The molecule has 0 heterocycles. The predicted octanol–water partition coefficient (Wildman–Crippen LogP) is 3.83. The Labute approximate surface area is 141 Å². The summed E-state index contributed by atoms with van der Waals surface area (Å²) >= 11 is 6.03. The van der Waals surface area contributed by atoms with Gasteiger partial charge in [0.05, 0.1) is 13.0 Å². The Morgan fingerprint density at radius 3 is 2.39 bits per heavy atom. The van der Waals surface area contributed by atoms with Crippen molar-refractivity contribution >= 4 is 23.3 Å². The van der Waals surface area contributed by atoms with Crippen LogP contribution >= 0.6 is 11.6 Å². The summed E-state index contributed by atoms with van der Waals surface area (Å²) < 4.78 is 5.29. The molecule has 0 aliphatic heterocycles. The second-order valence-electron chi connectivity index (χ2n) is 5.54. The summed E-state index contributed by atoms with van der Waals surface area (Å²) in [4.78, 5) is 13.8. The van der Waals surface area contributed by atoms with E-state index in [1.165, 1.54) is 7.11 Å². The van der Waals surface area contributed by atoms with Gasteiger partial charge in [0.15, 0.2) is 0 Å². The van der Waals surface area contributed by atoms with Crippen molar-refractivity contribution in [3.8, 4) is 5.75 Å². The minimum Gasteiger partial charge on any atom is -0.496 e. The molecule has 0 aliphatic rings. The molecular weight excluding hydrogens is 314 g/mol. The van der Waals surface area contributed by atoms with Gasteiger partial charge in [-0.15, -0.1) is 0 Å². The van der Waals surface area contributed by atoms with Gasteiger partial charge in [-0.25, -0.2) is 0 Å². The van der Waals surface area contributed by atoms with Crippen molar-refractivity contribution in [1.29, 1.82) is 0 Å². The van der Waals surface area contributed by atoms with E-state index in [-0.39, 0.29) is 0 Å². The van der Waals surface area contributed by atoms with Crippen LogP contribution in [0.2, 0.25) is 5.02 Å². The van der Waals surface area contributed by atoms with Crippen molar-refractivity contribution in [3.63, 3.8) is 0 Å². The molecule has 5 heteroatoms. The van der Waals surface area contributed by atoms with Crippen molar-refractivity contribution in [2.45, 2.75) is 12.3 Å². The van der Waals surface area contributed by atoms with Crippen molar-refractivity contribution < 1.29 is 14.6 Å². The smallest absolute Gasteiger partial charge is 0.311 e. The fourth-order valence-corrected chi connectivity index (χ4v) is 2.65. The predicted molar refractivity (Wildman–Crippen MR) is 92.9 cm³/mol. The number of carboxylic acids is 1. The fourth-order valence-electron chi connectivity index (χ4n) is 2.47. The molecule has 0 fully saturated rings. The van der Waals surface area contributed by atoms with Crippen LogP contribution in [0.3, 0.4) is 0 Å². The number of nitrogens with zero attached hydrogens (tertiary/aromatic N) is 1. The van der Waals surface area contributed by atoms with E-state index in [0.717, 1.165) is 11.3 Å². The van der Waals surface area contributed by atoms with Crippen LogP contribution in [0.4, 0.5) is 5.69 Å². The minimum absolute atomic E-state index is 0.375. The molecule has 4 nitrogen and oxygen atoms in total. The van der Waals surface area contributed by atoms with Gasteiger partial charge < -0.3 is 14.7 Å². The number of hydrogen-bond donors (Lipinski definition) is 1. The van der Waals surface area contributed by atoms with Gasteiger partial charge in [-0.3, -0.25) is 4.79 Å². The summed E-state index contributed by atoms with van der Waals surface area (Å²) in [7, 11) is 5.45. The maximum absolute atomic E-state index is 11.8. The lowest BCUT2D eigenvalue weighted by atomic mass is 9.91. The summed E-state index contributed by atoms with van der Waals surface area (Å²) in [6, 6.07) is 12.9. The van der Waals surface area contributed by atoms with E-state index in [4.69, 9.17) is 16.3 Å². The molecular formula is C18H20ClNO3. The van der Waals surface area contributed by atoms with E-state index in [9.17, 15) is 9.90 Å². The molecule has 0 saturated heterocycles. The lowest BCUT2D eigenvalue weighted by Crippen LogP contribution is -2.16. The van der Waals surface area contributed by atoms with Gasteiger partial charge in [-0.2, -0.15) is 0 Å². The summed E-state index contributed by atoms with van der Waals surface area (Å²) in [5.41, 5.74) is 2.61. The SMILES string of the molecule is COc1ccc(Cl)cc1C(Cc1ccc(N(C)C)cc1)C(=O)O. The molecule has 23 heavy (non-hydrogen) atoms. The van der Waals surface area contributed by atoms with Crippen molar-refractivity contribution in [3.05, 3.63) is 58.6 Å². The Bertz CT molecular complexity index is 683. The number of hydrogen-bond acceptors (Lipinski definition) is 3. The number of ether oxygens (including phenoxy) is 1. The highest BCUT2D eigenvalue weighted by atomic mass is 35.5. The van der Waals surface area contributed by atoms with Crippen LogP contribution < -0.4 is 9.64 Å². The number of methoxy groups -OCH3 is 1. The molecule has 2 aromatic carbocycles. The first-order valence-corrected chi connectivity index (χ1v) is 7.62. The lowest BCUT2D eigenvalue weighted by molar-refractivity contribution is -0.138. The Balaban J connectivity index is 2.32. The number of benzene rings is 2. The topological polar surface area (TPSA) is 49.8 Å². The molecule has 0 radical (unpaired) electrons. The van der Waals surface area contributed by atoms with Crippen molar-refractivity contribution in [2.75, 3.05) is 26.1 Å². The first-order valence-electron chi connectivity index (χ1n) is 7.25. The third-order valence-corrected chi connectivity index (χ3v) is 3.99. The lowest BCUT2D eigenvalue weighted by Gasteiger charge is -2.18. The summed E-state index contributed by atoms with van der Waals surface area (Å²) in [5.74, 6) is -1.08. The number of halogens is 1. The molecule has 0 aromatic heterocycles. The van der Waals surface area contributed by atoms with Gasteiger partial charge >= 0.3 is 5.97 Å². The van der Waals surface area contributed by atoms with E-state index < -0.39 is 11.9 Å². The van der Waals surface area contributed by atoms with Gasteiger partial charge in [0.25, 0.3) is 0 Å². The molecule has 122 valence electrons. The van der Waals surface area contributed by atoms with Crippen molar-refractivity contribution in [1.82, 2.24) is 0 Å². The standard InChI is InChI=1S/C18H20ClNO3/c1-20(2)14-7-4-12(5-8-14)10-16(18(21)22)15-11-13(19)6-9-17(15)23-3/h4-9,11,16H,10H2,1-3H3,(H,21,22). The van der Waals surface area contributed by atoms with E-state index in [0.29, 0.717) is 22.8 Å². The van der Waals surface area contributed by atoms with Crippen molar-refractivity contribution in [2.24, 2.45) is 0 Å². The normalized spacial score (nSPS) is 11.8. The van der Waals surface area contributed by atoms with Crippen LogP contribution in [0.15, 0.2) is 42.5 Å². The molecule has 0 bridgehead atoms. The second-order valence-corrected chi connectivity index (χ2v) is 5.98. The molecule has 0 saturated carbocycles. The third kappa shape index (κ3) is 4.17. The van der Waals surface area contributed by atoms with Crippen LogP contribution in [-0.2, 0) is 11.2 Å². The molecule has 1 unspecified atom stereocenters. The van der Waals surface area contributed by atoms with Crippen LogP contribution in [0.5, 0.6) is 5.75 Å². The number of anilines is 1. The second kappa shape index (κ2) is 7.38. The Kier molecular flexibility index (Phi) is 5.50. The molecule has 0 amide bonds. The molecule has 1 atom stereocenters. The van der Waals surface area contributed by atoms with E-state index in [1.807, 2.05) is 43.3 Å². The number of carbonyl (C=O) groups is 1. The Morgan fingerprint density at radius 2 is 1.87 bits per heavy atom. The Morgan fingerprint density at radius 1 is 1.22 bits per heavy atom. The first-order chi connectivity index (χ1) is 10.9. The first kappa shape index (κ1) is 17.2. The molecule has 2 rings (SSSR count). The number of aliphatic carboxylic acids is 1. The minimum atomic E-state index is -0.901. The van der Waals surface area contributed by atoms with E-state index in [1.54, 1.807) is 18.2 Å². The zero-order chi connectivity index (χ0) is 17.0. The molecule has 2 aromatic rings. The highest BCUT2D eigenvalue weighted by Gasteiger charge is 2.24. The van der Waals surface area contributed by atoms with Gasteiger partial charge in [0.2, 0.25) is 0 Å². The number of rotatable bonds is 6. The molecule has 0 spiro atoms. The fraction of sp³-hybridized carbons (Fsp3) is 0.278. The average Bonchev–Trinajstić information content (AvgIpc) is 2.52. The highest BCUT2D eigenvalue weighted by molar-refractivity contribution is 6.30. The van der Waals surface area contributed by atoms with Crippen LogP contribution in [0.25, 0.3) is 0 Å². The molecule has 1 N–H and O–H groups in total. The maximum atomic E-state index is 11.8. The van der Waals surface area contributed by atoms with Crippen LogP contribution in [-0.4, -0.2) is 32.3 Å². The maximum Gasteiger partial charge on any atom is 0.311 e.